The summed E-state index contributed by atoms with van der Waals surface area (Å²) in [6, 6.07) is 10.8. The maximum atomic E-state index is 12.3. The monoisotopic (exact) mass is 286 g/mol. The highest BCUT2D eigenvalue weighted by Crippen LogP contribution is 2.28. The maximum Gasteiger partial charge on any atom is 0.263 e. The number of nitrogens with one attached hydrogen (secondary N) is 1. The van der Waals surface area contributed by atoms with Gasteiger partial charge in [0, 0.05) is 0 Å². The lowest BCUT2D eigenvalue weighted by atomic mass is 10.1. The van der Waals surface area contributed by atoms with E-state index in [9.17, 15) is 14.7 Å². The summed E-state index contributed by atoms with van der Waals surface area (Å²) in [6.45, 7) is 0. The van der Waals surface area contributed by atoms with Crippen molar-refractivity contribution in [1.29, 1.82) is 0 Å². The molecule has 6 nitrogen and oxygen atoms in total. The minimum atomic E-state index is -0.657. The van der Waals surface area contributed by atoms with E-state index in [1.807, 2.05) is 0 Å². The Morgan fingerprint density at radius 2 is 1.86 bits per heavy atom. The first-order chi connectivity index (χ1) is 10.0. The van der Waals surface area contributed by atoms with E-state index < -0.39 is 11.8 Å². The fourth-order valence-electron chi connectivity index (χ4n) is 1.91. The summed E-state index contributed by atoms with van der Waals surface area (Å²) in [5.74, 6) is -1.25. The molecule has 108 valence electrons. The van der Waals surface area contributed by atoms with Crippen LogP contribution in [0.1, 0.15) is 20.7 Å². The molecule has 0 bridgehead atoms. The summed E-state index contributed by atoms with van der Waals surface area (Å²) in [7, 11) is 1.39. The average Bonchev–Trinajstić information content (AvgIpc) is 2.47. The Balaban J connectivity index is 2.38. The highest BCUT2D eigenvalue weighted by Gasteiger charge is 2.19. The normalized spacial score (nSPS) is 9.95. The van der Waals surface area contributed by atoms with Gasteiger partial charge in [-0.15, -0.1) is 0 Å². The van der Waals surface area contributed by atoms with Gasteiger partial charge in [-0.05, 0) is 24.3 Å². The van der Waals surface area contributed by atoms with Crippen LogP contribution in [0.3, 0.4) is 0 Å². The van der Waals surface area contributed by atoms with Crippen molar-refractivity contribution in [1.82, 2.24) is 0 Å². The van der Waals surface area contributed by atoms with Crippen LogP contribution in [-0.2, 0) is 0 Å². The SMILES string of the molecule is COc1cccc(O)c1C(=O)Nc1ccccc1C(N)=O. The van der Waals surface area contributed by atoms with Crippen LogP contribution in [0, 0.1) is 0 Å². The van der Waals surface area contributed by atoms with Crippen molar-refractivity contribution in [2.75, 3.05) is 12.4 Å². The van der Waals surface area contributed by atoms with Crippen LogP contribution in [0.15, 0.2) is 42.5 Å². The Morgan fingerprint density at radius 1 is 1.14 bits per heavy atom. The molecule has 0 unspecified atom stereocenters. The average molecular weight is 286 g/mol. The van der Waals surface area contributed by atoms with Crippen molar-refractivity contribution < 1.29 is 19.4 Å². The van der Waals surface area contributed by atoms with Crippen LogP contribution < -0.4 is 15.8 Å². The van der Waals surface area contributed by atoms with Crippen LogP contribution in [0.4, 0.5) is 5.69 Å². The van der Waals surface area contributed by atoms with Crippen molar-refractivity contribution in [2.45, 2.75) is 0 Å². The van der Waals surface area contributed by atoms with Crippen LogP contribution >= 0.6 is 0 Å². The van der Waals surface area contributed by atoms with Gasteiger partial charge in [0.2, 0.25) is 0 Å². The predicted molar refractivity (Wildman–Crippen MR) is 77.6 cm³/mol. The number of phenols is 1. The molecule has 0 aliphatic carbocycles. The highest BCUT2D eigenvalue weighted by atomic mass is 16.5. The number of carbonyl (C=O) groups excluding carboxylic acids is 2. The number of rotatable bonds is 4. The first-order valence-corrected chi connectivity index (χ1v) is 6.10. The van der Waals surface area contributed by atoms with Gasteiger partial charge < -0.3 is 20.9 Å². The molecule has 0 fully saturated rings. The van der Waals surface area contributed by atoms with E-state index in [1.54, 1.807) is 30.3 Å². The molecule has 2 aromatic rings. The van der Waals surface area contributed by atoms with Gasteiger partial charge >= 0.3 is 0 Å². The number of hydrogen-bond donors (Lipinski definition) is 3. The number of amides is 2. The van der Waals surface area contributed by atoms with E-state index in [-0.39, 0.29) is 28.3 Å². The van der Waals surface area contributed by atoms with Gasteiger partial charge in [-0.2, -0.15) is 0 Å². The number of benzene rings is 2. The van der Waals surface area contributed by atoms with Crippen molar-refractivity contribution in [3.63, 3.8) is 0 Å². The first-order valence-electron chi connectivity index (χ1n) is 6.10. The summed E-state index contributed by atoms with van der Waals surface area (Å²) in [4.78, 5) is 23.6. The Morgan fingerprint density at radius 3 is 2.52 bits per heavy atom. The Bertz CT molecular complexity index is 698. The fourth-order valence-corrected chi connectivity index (χ4v) is 1.91. The third-order valence-electron chi connectivity index (χ3n) is 2.89. The lowest BCUT2D eigenvalue weighted by Crippen LogP contribution is -2.18. The predicted octanol–water partition coefficient (Wildman–Crippen LogP) is 1.75. The van der Waals surface area contributed by atoms with Crippen molar-refractivity contribution >= 4 is 17.5 Å². The Labute approximate surface area is 121 Å². The number of ether oxygens (including phenoxy) is 1. The number of primary amides is 1. The standard InChI is InChI=1S/C15H14N2O4/c1-21-12-8-4-7-11(18)13(12)15(20)17-10-6-3-2-5-9(10)14(16)19/h2-8,18H,1H3,(H2,16,19)(H,17,20). The van der Waals surface area contributed by atoms with Gasteiger partial charge in [0.25, 0.3) is 11.8 Å². The van der Waals surface area contributed by atoms with Crippen LogP contribution in [0.2, 0.25) is 0 Å². The molecule has 6 heteroatoms. The summed E-state index contributed by atoms with van der Waals surface area (Å²) < 4.78 is 5.05. The second-order valence-electron chi connectivity index (χ2n) is 4.22. The molecule has 0 saturated carbocycles. The molecule has 0 saturated heterocycles. The van der Waals surface area contributed by atoms with Crippen LogP contribution in [0.5, 0.6) is 11.5 Å². The van der Waals surface area contributed by atoms with Crippen LogP contribution in [-0.4, -0.2) is 24.0 Å². The number of para-hydroxylation sites is 1. The van der Waals surface area contributed by atoms with Gasteiger partial charge in [-0.25, -0.2) is 0 Å². The molecule has 21 heavy (non-hydrogen) atoms. The van der Waals surface area contributed by atoms with E-state index in [4.69, 9.17) is 10.5 Å². The maximum absolute atomic E-state index is 12.3. The molecule has 0 aromatic heterocycles. The molecule has 0 spiro atoms. The van der Waals surface area contributed by atoms with Gasteiger partial charge in [0.05, 0.1) is 18.4 Å². The van der Waals surface area contributed by atoms with Crippen molar-refractivity contribution in [3.05, 3.63) is 53.6 Å². The molecule has 0 atom stereocenters. The first kappa shape index (κ1) is 14.4. The highest BCUT2D eigenvalue weighted by molar-refractivity contribution is 6.11. The summed E-state index contributed by atoms with van der Waals surface area (Å²) in [6.07, 6.45) is 0. The number of aromatic hydroxyl groups is 1. The van der Waals surface area contributed by atoms with Crippen LogP contribution in [0.25, 0.3) is 0 Å². The summed E-state index contributed by atoms with van der Waals surface area (Å²) in [5.41, 5.74) is 5.68. The molecule has 0 aliphatic rings. The Kier molecular flexibility index (Phi) is 4.08. The number of methoxy groups -OCH3 is 1. The molecule has 2 rings (SSSR count). The zero-order valence-electron chi connectivity index (χ0n) is 11.3. The lowest BCUT2D eigenvalue weighted by molar-refractivity contribution is 0.100. The van der Waals surface area contributed by atoms with E-state index in [0.717, 1.165) is 0 Å². The molecule has 2 amide bonds. The van der Waals surface area contributed by atoms with Gasteiger partial charge in [-0.3, -0.25) is 9.59 Å². The fraction of sp³-hybridized carbons (Fsp3) is 0.0667. The molecule has 0 radical (unpaired) electrons. The smallest absolute Gasteiger partial charge is 0.263 e. The van der Waals surface area contributed by atoms with E-state index in [1.165, 1.54) is 19.2 Å². The zero-order valence-corrected chi connectivity index (χ0v) is 11.3. The second-order valence-corrected chi connectivity index (χ2v) is 4.22. The molecular weight excluding hydrogens is 272 g/mol. The number of nitrogens with two attached hydrogens (primary N) is 1. The quantitative estimate of drug-likeness (QED) is 0.796. The van der Waals surface area contributed by atoms with Crippen molar-refractivity contribution in [3.8, 4) is 11.5 Å². The Hall–Kier alpha value is -3.02. The number of anilines is 1. The van der Waals surface area contributed by atoms with Gasteiger partial charge in [-0.1, -0.05) is 18.2 Å². The molecule has 2 aromatic carbocycles. The molecule has 0 aliphatic heterocycles. The molecule has 4 N–H and O–H groups in total. The van der Waals surface area contributed by atoms with Gasteiger partial charge in [0.1, 0.15) is 17.1 Å². The number of carbonyl (C=O) groups is 2. The summed E-state index contributed by atoms with van der Waals surface area (Å²) >= 11 is 0. The van der Waals surface area contributed by atoms with E-state index >= 15 is 0 Å². The molecular formula is C15H14N2O4. The second kappa shape index (κ2) is 5.96. The number of phenolic OH excluding ortho intramolecular Hbond substituents is 1. The number of hydrogen-bond acceptors (Lipinski definition) is 4. The molecule has 0 heterocycles. The third kappa shape index (κ3) is 2.94. The van der Waals surface area contributed by atoms with E-state index in [2.05, 4.69) is 5.32 Å². The topological polar surface area (TPSA) is 102 Å². The lowest BCUT2D eigenvalue weighted by Gasteiger charge is -2.12. The minimum Gasteiger partial charge on any atom is -0.507 e. The third-order valence-corrected chi connectivity index (χ3v) is 2.89. The van der Waals surface area contributed by atoms with E-state index in [0.29, 0.717) is 0 Å². The minimum absolute atomic E-state index is 0.0146. The zero-order chi connectivity index (χ0) is 15.4. The largest absolute Gasteiger partial charge is 0.507 e. The van der Waals surface area contributed by atoms with Crippen molar-refractivity contribution in [2.24, 2.45) is 5.73 Å². The van der Waals surface area contributed by atoms with Gasteiger partial charge in [0.15, 0.2) is 0 Å². The summed E-state index contributed by atoms with van der Waals surface area (Å²) in [5, 5.41) is 12.4.